The highest BCUT2D eigenvalue weighted by Gasteiger charge is 2.31. The van der Waals surface area contributed by atoms with E-state index in [1.165, 1.54) is 28.7 Å². The number of aromatic amines is 1. The van der Waals surface area contributed by atoms with Crippen LogP contribution < -0.4 is 15.6 Å². The number of H-pyrrole nitrogens is 1. The standard InChI is InChI=1S/C28H27N3O5S2/c1-2-35-27(33)24-21-14-13-19(18-9-5-3-6-10-18)17-22(21)38-25(24)29-23(32)15-16-37-26-28(34)36-30-31(26)20-11-7-4-8-12-20/h3-12,19H,2,13-17H2,1H3,(H-,29,30,32,33,34)/p+1. The Labute approximate surface area is 228 Å². The molecule has 0 spiro atoms. The third-order valence-electron chi connectivity index (χ3n) is 6.46. The predicted molar refractivity (Wildman–Crippen MR) is 146 cm³/mol. The molecule has 0 fully saturated rings. The van der Waals surface area contributed by atoms with Crippen LogP contribution >= 0.6 is 23.1 Å². The van der Waals surface area contributed by atoms with Crippen molar-refractivity contribution in [3.63, 3.8) is 0 Å². The summed E-state index contributed by atoms with van der Waals surface area (Å²) in [6, 6.07) is 19.7. The highest BCUT2D eigenvalue weighted by Crippen LogP contribution is 2.42. The Bertz CT molecular complexity index is 1480. The summed E-state index contributed by atoms with van der Waals surface area (Å²) in [6.07, 6.45) is 2.67. The quantitative estimate of drug-likeness (QED) is 0.175. The van der Waals surface area contributed by atoms with Gasteiger partial charge >= 0.3 is 16.6 Å². The van der Waals surface area contributed by atoms with Crippen LogP contribution in [-0.4, -0.2) is 29.5 Å². The molecule has 0 radical (unpaired) electrons. The first kappa shape index (κ1) is 26.0. The van der Waals surface area contributed by atoms with Gasteiger partial charge in [-0.1, -0.05) is 48.5 Å². The molecule has 1 amide bonds. The Morgan fingerprint density at radius 3 is 2.63 bits per heavy atom. The smallest absolute Gasteiger partial charge is 0.442 e. The monoisotopic (exact) mass is 550 g/mol. The molecule has 38 heavy (non-hydrogen) atoms. The van der Waals surface area contributed by atoms with Gasteiger partial charge < -0.3 is 10.1 Å². The molecule has 0 saturated carbocycles. The van der Waals surface area contributed by atoms with Crippen molar-refractivity contribution in [2.24, 2.45) is 0 Å². The summed E-state index contributed by atoms with van der Waals surface area (Å²) >= 11 is 2.70. The van der Waals surface area contributed by atoms with Crippen molar-refractivity contribution < 1.29 is 23.5 Å². The molecular formula is C28H28N3O5S2+. The number of fused-ring (bicyclic) bond motifs is 1. The number of nitrogens with zero attached hydrogens (tertiary/aromatic N) is 1. The molecular weight excluding hydrogens is 522 g/mol. The van der Waals surface area contributed by atoms with Crippen molar-refractivity contribution >= 4 is 40.0 Å². The van der Waals surface area contributed by atoms with Gasteiger partial charge in [-0.05, 0) is 64.9 Å². The maximum absolute atomic E-state index is 12.9. The van der Waals surface area contributed by atoms with Gasteiger partial charge in [-0.2, -0.15) is 0 Å². The lowest BCUT2D eigenvalue weighted by atomic mass is 9.83. The number of para-hydroxylation sites is 1. The minimum atomic E-state index is -0.497. The molecule has 1 unspecified atom stereocenters. The van der Waals surface area contributed by atoms with E-state index in [-0.39, 0.29) is 18.9 Å². The van der Waals surface area contributed by atoms with Crippen LogP contribution in [0.1, 0.15) is 52.0 Å². The molecule has 2 N–H and O–H groups in total. The molecule has 0 saturated heterocycles. The highest BCUT2D eigenvalue weighted by atomic mass is 32.2. The van der Waals surface area contributed by atoms with Gasteiger partial charge in [0.05, 0.1) is 12.2 Å². The fourth-order valence-corrected chi connectivity index (χ4v) is 6.91. The predicted octanol–water partition coefficient (Wildman–Crippen LogP) is 4.88. The zero-order valence-corrected chi connectivity index (χ0v) is 22.5. The molecule has 1 aliphatic carbocycles. The number of carbonyl (C=O) groups is 2. The van der Waals surface area contributed by atoms with E-state index < -0.39 is 11.6 Å². The Kier molecular flexibility index (Phi) is 8.09. The van der Waals surface area contributed by atoms with Crippen LogP contribution in [0.2, 0.25) is 0 Å². The molecule has 8 nitrogen and oxygen atoms in total. The van der Waals surface area contributed by atoms with Crippen molar-refractivity contribution in [2.45, 2.75) is 43.6 Å². The number of benzene rings is 2. The topological polar surface area (TPSA) is 105 Å². The number of thioether (sulfide) groups is 1. The number of ether oxygens (including phenoxy) is 1. The van der Waals surface area contributed by atoms with Crippen molar-refractivity contribution in [3.8, 4) is 5.69 Å². The maximum Gasteiger partial charge on any atom is 0.442 e. The number of carbonyl (C=O) groups excluding carboxylic acids is 2. The molecule has 0 bridgehead atoms. The second kappa shape index (κ2) is 11.8. The van der Waals surface area contributed by atoms with Crippen LogP contribution in [0, 0.1) is 0 Å². The first-order valence-corrected chi connectivity index (χ1v) is 14.3. The molecule has 10 heteroatoms. The number of rotatable bonds is 9. The molecule has 1 atom stereocenters. The summed E-state index contributed by atoms with van der Waals surface area (Å²) in [7, 11) is 0. The molecule has 4 aromatic rings. The molecule has 0 aliphatic heterocycles. The number of esters is 1. The van der Waals surface area contributed by atoms with Gasteiger partial charge in [0.2, 0.25) is 11.6 Å². The zero-order chi connectivity index (χ0) is 26.5. The van der Waals surface area contributed by atoms with Gasteiger partial charge in [0.25, 0.3) is 0 Å². The first-order valence-electron chi connectivity index (χ1n) is 12.5. The summed E-state index contributed by atoms with van der Waals surface area (Å²) in [4.78, 5) is 39.1. The Morgan fingerprint density at radius 2 is 1.89 bits per heavy atom. The number of hydrogen-bond acceptors (Lipinski definition) is 7. The fraction of sp³-hybridized carbons (Fsp3) is 0.286. The van der Waals surface area contributed by atoms with Crippen LogP contribution in [0.5, 0.6) is 0 Å². The SMILES string of the molecule is CCOC(=O)c1c(NC(=O)CCSc2c(=O)o[nH][n+]2-c2ccccc2)sc2c1CCC(c1ccccc1)C2. The molecule has 196 valence electrons. The van der Waals surface area contributed by atoms with E-state index in [1.807, 2.05) is 48.5 Å². The average Bonchev–Trinajstić information content (AvgIpc) is 3.49. The third kappa shape index (κ3) is 5.61. The second-order valence-electron chi connectivity index (χ2n) is 8.88. The molecule has 2 heterocycles. The van der Waals surface area contributed by atoms with Crippen molar-refractivity contribution in [3.05, 3.63) is 92.7 Å². The van der Waals surface area contributed by atoms with E-state index >= 15 is 0 Å². The second-order valence-corrected chi connectivity index (χ2v) is 11.1. The Hall–Kier alpha value is -3.63. The number of nitrogens with one attached hydrogen (secondary N) is 2. The van der Waals surface area contributed by atoms with Crippen molar-refractivity contribution in [1.29, 1.82) is 0 Å². The number of thiophene rings is 1. The van der Waals surface area contributed by atoms with Crippen LogP contribution in [-0.2, 0) is 22.4 Å². The lowest BCUT2D eigenvalue weighted by molar-refractivity contribution is -0.704. The molecule has 2 aromatic heterocycles. The largest absolute Gasteiger partial charge is 0.462 e. The summed E-state index contributed by atoms with van der Waals surface area (Å²) < 4.78 is 11.9. The van der Waals surface area contributed by atoms with E-state index in [0.29, 0.717) is 27.3 Å². The van der Waals surface area contributed by atoms with Gasteiger partial charge in [-0.15, -0.1) is 11.3 Å². The summed E-state index contributed by atoms with van der Waals surface area (Å²) in [5.41, 5.74) is 3.01. The van der Waals surface area contributed by atoms with Gasteiger partial charge in [0.1, 0.15) is 5.00 Å². The molecule has 2 aromatic carbocycles. The summed E-state index contributed by atoms with van der Waals surface area (Å²) in [5.74, 6) is 0.104. The number of hydrogen-bond donors (Lipinski definition) is 2. The van der Waals surface area contributed by atoms with Crippen LogP contribution in [0.25, 0.3) is 5.69 Å². The normalized spacial score (nSPS) is 14.6. The van der Waals surface area contributed by atoms with E-state index in [2.05, 4.69) is 22.7 Å². The van der Waals surface area contributed by atoms with Gasteiger partial charge in [0, 0.05) is 29.2 Å². The minimum Gasteiger partial charge on any atom is -0.462 e. The fourth-order valence-electron chi connectivity index (χ4n) is 4.67. The van der Waals surface area contributed by atoms with E-state index in [0.717, 1.165) is 35.4 Å². The third-order valence-corrected chi connectivity index (χ3v) is 8.66. The number of anilines is 1. The zero-order valence-electron chi connectivity index (χ0n) is 20.9. The van der Waals surface area contributed by atoms with Crippen molar-refractivity contribution in [2.75, 3.05) is 17.7 Å². The van der Waals surface area contributed by atoms with Crippen molar-refractivity contribution in [1.82, 2.24) is 5.27 Å². The maximum atomic E-state index is 12.9. The van der Waals surface area contributed by atoms with Crippen LogP contribution in [0.3, 0.4) is 0 Å². The lowest BCUT2D eigenvalue weighted by Crippen LogP contribution is -2.36. The lowest BCUT2D eigenvalue weighted by Gasteiger charge is -2.23. The van der Waals surface area contributed by atoms with E-state index in [1.54, 1.807) is 11.6 Å². The minimum absolute atomic E-state index is 0.154. The number of aromatic nitrogens is 2. The average molecular weight is 551 g/mol. The number of amides is 1. The van der Waals surface area contributed by atoms with Gasteiger partial charge in [-0.25, -0.2) is 9.59 Å². The van der Waals surface area contributed by atoms with E-state index in [9.17, 15) is 14.4 Å². The first-order chi connectivity index (χ1) is 18.5. The Morgan fingerprint density at radius 1 is 1.16 bits per heavy atom. The molecule has 5 rings (SSSR count). The van der Waals surface area contributed by atoms with Gasteiger partial charge in [0.15, 0.2) is 0 Å². The van der Waals surface area contributed by atoms with Crippen LogP contribution in [0.4, 0.5) is 5.00 Å². The summed E-state index contributed by atoms with van der Waals surface area (Å²) in [5, 5.41) is 6.45. The Balaban J connectivity index is 1.28. The molecule has 1 aliphatic rings. The highest BCUT2D eigenvalue weighted by molar-refractivity contribution is 7.99. The van der Waals surface area contributed by atoms with E-state index in [4.69, 9.17) is 9.26 Å². The summed E-state index contributed by atoms with van der Waals surface area (Å²) in [6.45, 7) is 2.04. The van der Waals surface area contributed by atoms with Gasteiger partial charge in [-0.3, -0.25) is 9.32 Å². The van der Waals surface area contributed by atoms with Crippen LogP contribution in [0.15, 0.2) is 75.0 Å².